The van der Waals surface area contributed by atoms with Crippen LogP contribution in [-0.4, -0.2) is 37.4 Å². The summed E-state index contributed by atoms with van der Waals surface area (Å²) in [4.78, 5) is 12.3. The second-order valence-corrected chi connectivity index (χ2v) is 5.89. The zero-order valence-electron chi connectivity index (χ0n) is 12.2. The van der Waals surface area contributed by atoms with Crippen LogP contribution in [0.3, 0.4) is 0 Å². The van der Waals surface area contributed by atoms with Gasteiger partial charge in [0.1, 0.15) is 12.4 Å². The van der Waals surface area contributed by atoms with Crippen molar-refractivity contribution < 1.29 is 14.3 Å². The van der Waals surface area contributed by atoms with Crippen molar-refractivity contribution in [2.24, 2.45) is 0 Å². The zero-order chi connectivity index (χ0) is 15.8. The van der Waals surface area contributed by atoms with Crippen molar-refractivity contribution in [2.75, 3.05) is 20.3 Å². The lowest BCUT2D eigenvalue weighted by molar-refractivity contribution is 0.0968. The number of hydrogen-bond acceptors (Lipinski definition) is 4. The van der Waals surface area contributed by atoms with E-state index in [0.29, 0.717) is 24.5 Å². The Morgan fingerprint density at radius 3 is 2.71 bits per heavy atom. The number of halogens is 1. The normalized spacial score (nSPS) is 10.3. The van der Waals surface area contributed by atoms with Gasteiger partial charge in [0.2, 0.25) is 0 Å². The molecule has 0 aliphatic carbocycles. The molecule has 116 valence electrons. The third-order valence-electron chi connectivity index (χ3n) is 2.38. The Hall–Kier alpha value is -1.18. The van der Waals surface area contributed by atoms with Gasteiger partial charge in [-0.15, -0.1) is 0 Å². The van der Waals surface area contributed by atoms with E-state index in [2.05, 4.69) is 26.6 Å². The lowest BCUT2D eigenvalue weighted by Gasteiger charge is -2.14. The standard InChI is InChI=1S/C14H19BrN2O3S/c1-9(2)16-14(21)17-13(18)11-8-10(15)4-5-12(11)20-7-6-19-3/h4-5,8-9H,6-7H2,1-3H3,(H2,16,17,18,21). The van der Waals surface area contributed by atoms with E-state index in [-0.39, 0.29) is 17.1 Å². The molecule has 0 radical (unpaired) electrons. The van der Waals surface area contributed by atoms with Crippen molar-refractivity contribution >= 4 is 39.2 Å². The van der Waals surface area contributed by atoms with E-state index in [0.717, 1.165) is 4.47 Å². The van der Waals surface area contributed by atoms with E-state index in [1.165, 1.54) is 0 Å². The Bertz CT molecular complexity index is 509. The molecule has 0 saturated carbocycles. The van der Waals surface area contributed by atoms with Crippen LogP contribution in [0.5, 0.6) is 5.75 Å². The van der Waals surface area contributed by atoms with E-state index in [9.17, 15) is 4.79 Å². The third kappa shape index (κ3) is 6.41. The van der Waals surface area contributed by atoms with Gasteiger partial charge in [-0.1, -0.05) is 15.9 Å². The highest BCUT2D eigenvalue weighted by molar-refractivity contribution is 9.10. The maximum absolute atomic E-state index is 12.3. The highest BCUT2D eigenvalue weighted by atomic mass is 79.9. The summed E-state index contributed by atoms with van der Waals surface area (Å²) >= 11 is 8.42. The topological polar surface area (TPSA) is 59.6 Å². The Kier molecular flexibility index (Phi) is 7.63. The van der Waals surface area contributed by atoms with E-state index >= 15 is 0 Å². The molecule has 0 saturated heterocycles. The fourth-order valence-corrected chi connectivity index (χ4v) is 2.20. The zero-order valence-corrected chi connectivity index (χ0v) is 14.6. The number of thiocarbonyl (C=S) groups is 1. The lowest BCUT2D eigenvalue weighted by Crippen LogP contribution is -2.42. The molecule has 0 fully saturated rings. The van der Waals surface area contributed by atoms with Crippen molar-refractivity contribution in [3.8, 4) is 5.75 Å². The van der Waals surface area contributed by atoms with Crippen molar-refractivity contribution in [3.63, 3.8) is 0 Å². The summed E-state index contributed by atoms with van der Waals surface area (Å²) in [6, 6.07) is 5.38. The van der Waals surface area contributed by atoms with Gasteiger partial charge >= 0.3 is 0 Å². The third-order valence-corrected chi connectivity index (χ3v) is 3.09. The highest BCUT2D eigenvalue weighted by Gasteiger charge is 2.15. The van der Waals surface area contributed by atoms with Crippen LogP contribution in [0.1, 0.15) is 24.2 Å². The quantitative estimate of drug-likeness (QED) is 0.591. The van der Waals surface area contributed by atoms with Gasteiger partial charge in [-0.2, -0.15) is 0 Å². The Morgan fingerprint density at radius 2 is 2.10 bits per heavy atom. The average Bonchev–Trinajstić information content (AvgIpc) is 2.39. The number of rotatable bonds is 6. The molecule has 0 aliphatic rings. The number of amides is 1. The minimum Gasteiger partial charge on any atom is -0.490 e. The molecule has 0 spiro atoms. The van der Waals surface area contributed by atoms with E-state index < -0.39 is 0 Å². The summed E-state index contributed by atoms with van der Waals surface area (Å²) in [6.45, 7) is 4.70. The Morgan fingerprint density at radius 1 is 1.38 bits per heavy atom. The number of carbonyl (C=O) groups excluding carboxylic acids is 1. The molecule has 1 aromatic carbocycles. The largest absolute Gasteiger partial charge is 0.490 e. The predicted octanol–water partition coefficient (Wildman–Crippen LogP) is 2.49. The fraction of sp³-hybridized carbons (Fsp3) is 0.429. The maximum Gasteiger partial charge on any atom is 0.261 e. The lowest BCUT2D eigenvalue weighted by atomic mass is 10.2. The summed E-state index contributed by atoms with van der Waals surface area (Å²) in [5, 5.41) is 5.88. The molecular formula is C14H19BrN2O3S. The minimum atomic E-state index is -0.318. The van der Waals surface area contributed by atoms with Crippen LogP contribution >= 0.6 is 28.1 Å². The predicted molar refractivity (Wildman–Crippen MR) is 89.8 cm³/mol. The van der Waals surface area contributed by atoms with Crippen LogP contribution in [-0.2, 0) is 4.74 Å². The second-order valence-electron chi connectivity index (χ2n) is 4.56. The van der Waals surface area contributed by atoms with Crippen LogP contribution in [0, 0.1) is 0 Å². The van der Waals surface area contributed by atoms with E-state index in [4.69, 9.17) is 21.7 Å². The fourth-order valence-electron chi connectivity index (χ4n) is 1.51. The summed E-state index contributed by atoms with van der Waals surface area (Å²) < 4.78 is 11.3. The van der Waals surface area contributed by atoms with Crippen molar-refractivity contribution in [2.45, 2.75) is 19.9 Å². The van der Waals surface area contributed by atoms with Gasteiger partial charge in [-0.05, 0) is 44.3 Å². The molecule has 21 heavy (non-hydrogen) atoms. The Labute approximate surface area is 138 Å². The van der Waals surface area contributed by atoms with Crippen LogP contribution < -0.4 is 15.4 Å². The second kappa shape index (κ2) is 8.96. The van der Waals surface area contributed by atoms with Gasteiger partial charge in [0.05, 0.1) is 12.2 Å². The van der Waals surface area contributed by atoms with Crippen LogP contribution in [0.15, 0.2) is 22.7 Å². The van der Waals surface area contributed by atoms with E-state index in [1.807, 2.05) is 19.9 Å². The molecule has 2 N–H and O–H groups in total. The minimum absolute atomic E-state index is 0.151. The molecule has 0 aliphatic heterocycles. The van der Waals surface area contributed by atoms with Gasteiger partial charge in [-0.3, -0.25) is 10.1 Å². The number of ether oxygens (including phenoxy) is 2. The molecule has 5 nitrogen and oxygen atoms in total. The van der Waals surface area contributed by atoms with Crippen LogP contribution in [0.25, 0.3) is 0 Å². The van der Waals surface area contributed by atoms with Crippen LogP contribution in [0.4, 0.5) is 0 Å². The number of carbonyl (C=O) groups is 1. The molecule has 0 aromatic heterocycles. The molecular weight excluding hydrogens is 356 g/mol. The molecule has 0 bridgehead atoms. The van der Waals surface area contributed by atoms with Gasteiger partial charge in [0.15, 0.2) is 5.11 Å². The van der Waals surface area contributed by atoms with Crippen molar-refractivity contribution in [1.29, 1.82) is 0 Å². The number of nitrogens with one attached hydrogen (secondary N) is 2. The molecule has 7 heteroatoms. The van der Waals surface area contributed by atoms with Gasteiger partial charge in [0, 0.05) is 17.6 Å². The molecule has 0 heterocycles. The first-order valence-corrected chi connectivity index (χ1v) is 7.67. The smallest absolute Gasteiger partial charge is 0.261 e. The summed E-state index contributed by atoms with van der Waals surface area (Å²) in [7, 11) is 1.59. The van der Waals surface area contributed by atoms with Crippen molar-refractivity contribution in [1.82, 2.24) is 10.6 Å². The SMILES string of the molecule is COCCOc1ccc(Br)cc1C(=O)NC(=S)NC(C)C. The summed E-state index contributed by atoms with van der Waals surface area (Å²) in [5.74, 6) is 0.168. The molecule has 1 rings (SSSR count). The molecule has 0 atom stereocenters. The van der Waals surface area contributed by atoms with Crippen molar-refractivity contribution in [3.05, 3.63) is 28.2 Å². The highest BCUT2D eigenvalue weighted by Crippen LogP contribution is 2.23. The summed E-state index contributed by atoms with van der Waals surface area (Å²) in [5.41, 5.74) is 0.411. The van der Waals surface area contributed by atoms with E-state index in [1.54, 1.807) is 19.2 Å². The Balaban J connectivity index is 2.81. The van der Waals surface area contributed by atoms with Gasteiger partial charge in [-0.25, -0.2) is 0 Å². The molecule has 1 amide bonds. The monoisotopic (exact) mass is 374 g/mol. The molecule has 0 unspecified atom stereocenters. The number of hydrogen-bond donors (Lipinski definition) is 2. The van der Waals surface area contributed by atoms with Gasteiger partial charge in [0.25, 0.3) is 5.91 Å². The summed E-state index contributed by atoms with van der Waals surface area (Å²) in [6.07, 6.45) is 0. The first-order chi connectivity index (χ1) is 9.93. The molecule has 1 aromatic rings. The first kappa shape index (κ1) is 17.9. The van der Waals surface area contributed by atoms with Gasteiger partial charge < -0.3 is 14.8 Å². The average molecular weight is 375 g/mol. The maximum atomic E-state index is 12.3. The number of benzene rings is 1. The number of methoxy groups -OCH3 is 1. The van der Waals surface area contributed by atoms with Crippen LogP contribution in [0.2, 0.25) is 0 Å². The first-order valence-electron chi connectivity index (χ1n) is 6.47.